The van der Waals surface area contributed by atoms with Crippen LogP contribution in [0.5, 0.6) is 5.88 Å². The summed E-state index contributed by atoms with van der Waals surface area (Å²) in [6.45, 7) is 4.97. The Kier molecular flexibility index (Phi) is 5.75. The first kappa shape index (κ1) is 19.6. The Labute approximate surface area is 176 Å². The summed E-state index contributed by atoms with van der Waals surface area (Å²) in [6, 6.07) is 25.6. The van der Waals surface area contributed by atoms with E-state index in [0.717, 1.165) is 27.6 Å². The maximum atomic E-state index is 13.0. The third-order valence-corrected chi connectivity index (χ3v) is 5.15. The summed E-state index contributed by atoms with van der Waals surface area (Å²) in [5.41, 5.74) is 5.81. The minimum Gasteiger partial charge on any atom is -0.473 e. The van der Waals surface area contributed by atoms with Crippen LogP contribution in [0.15, 0.2) is 78.9 Å². The van der Waals surface area contributed by atoms with E-state index in [1.54, 1.807) is 6.07 Å². The lowest BCUT2D eigenvalue weighted by Gasteiger charge is -2.12. The number of benzene rings is 3. The van der Waals surface area contributed by atoms with Gasteiger partial charge in [-0.15, -0.1) is 0 Å². The summed E-state index contributed by atoms with van der Waals surface area (Å²) in [6.07, 6.45) is 0. The quantitative estimate of drug-likeness (QED) is 0.477. The maximum absolute atomic E-state index is 13.0. The number of fused-ring (bicyclic) bond motifs is 1. The highest BCUT2D eigenvalue weighted by molar-refractivity contribution is 6.06. The van der Waals surface area contributed by atoms with Crippen molar-refractivity contribution in [3.63, 3.8) is 0 Å². The van der Waals surface area contributed by atoms with Crippen molar-refractivity contribution in [2.45, 2.75) is 27.0 Å². The Balaban J connectivity index is 1.57. The first-order chi connectivity index (χ1) is 14.6. The predicted molar refractivity (Wildman–Crippen MR) is 120 cm³/mol. The molecule has 0 aliphatic heterocycles. The zero-order chi connectivity index (χ0) is 20.9. The summed E-state index contributed by atoms with van der Waals surface area (Å²) in [4.78, 5) is 17.6. The Bertz CT molecular complexity index is 1180. The van der Waals surface area contributed by atoms with Gasteiger partial charge in [-0.3, -0.25) is 4.79 Å². The predicted octanol–water partition coefficient (Wildman–Crippen LogP) is 5.36. The molecule has 0 fully saturated rings. The van der Waals surface area contributed by atoms with Crippen LogP contribution < -0.4 is 10.1 Å². The van der Waals surface area contributed by atoms with E-state index in [0.29, 0.717) is 24.6 Å². The van der Waals surface area contributed by atoms with Gasteiger partial charge in [0.25, 0.3) is 5.91 Å². The molecule has 0 spiro atoms. The number of hydrogen-bond acceptors (Lipinski definition) is 3. The Morgan fingerprint density at radius 2 is 1.67 bits per heavy atom. The summed E-state index contributed by atoms with van der Waals surface area (Å²) < 4.78 is 5.92. The van der Waals surface area contributed by atoms with Crippen molar-refractivity contribution >= 4 is 16.8 Å². The SMILES string of the molecule is Cc1ccc(COc2cc(C(=O)NCc3ccccc3C)c3ccccc3n2)cc1. The molecular formula is C26H24N2O2. The number of carbonyl (C=O) groups is 1. The molecule has 4 heteroatoms. The van der Waals surface area contributed by atoms with Crippen molar-refractivity contribution in [2.75, 3.05) is 0 Å². The molecule has 4 nitrogen and oxygen atoms in total. The van der Waals surface area contributed by atoms with Gasteiger partial charge in [0.05, 0.1) is 11.1 Å². The number of aromatic nitrogens is 1. The fourth-order valence-electron chi connectivity index (χ4n) is 3.33. The van der Waals surface area contributed by atoms with Crippen LogP contribution in [0.25, 0.3) is 10.9 Å². The topological polar surface area (TPSA) is 51.2 Å². The highest BCUT2D eigenvalue weighted by Gasteiger charge is 2.14. The molecule has 0 aliphatic carbocycles. The highest BCUT2D eigenvalue weighted by atomic mass is 16.5. The van der Waals surface area contributed by atoms with Gasteiger partial charge in [0.15, 0.2) is 0 Å². The van der Waals surface area contributed by atoms with E-state index in [-0.39, 0.29) is 5.91 Å². The van der Waals surface area contributed by atoms with Gasteiger partial charge in [0.1, 0.15) is 6.61 Å². The van der Waals surface area contributed by atoms with Crippen molar-refractivity contribution in [1.82, 2.24) is 10.3 Å². The number of nitrogens with zero attached hydrogens (tertiary/aromatic N) is 1. The van der Waals surface area contributed by atoms with Gasteiger partial charge in [-0.05, 0) is 36.6 Å². The minimum absolute atomic E-state index is 0.142. The Hall–Kier alpha value is -3.66. The molecule has 0 aliphatic rings. The molecule has 1 heterocycles. The van der Waals surface area contributed by atoms with Gasteiger partial charge in [0.2, 0.25) is 5.88 Å². The van der Waals surface area contributed by atoms with E-state index in [1.807, 2.05) is 67.6 Å². The normalized spacial score (nSPS) is 10.7. The number of rotatable bonds is 6. The molecule has 0 atom stereocenters. The average molecular weight is 396 g/mol. The van der Waals surface area contributed by atoms with Gasteiger partial charge in [0, 0.05) is 18.0 Å². The molecular weight excluding hydrogens is 372 g/mol. The number of nitrogens with one attached hydrogen (secondary N) is 1. The van der Waals surface area contributed by atoms with Gasteiger partial charge in [-0.1, -0.05) is 72.3 Å². The smallest absolute Gasteiger partial charge is 0.252 e. The van der Waals surface area contributed by atoms with Gasteiger partial charge in [-0.25, -0.2) is 4.98 Å². The zero-order valence-electron chi connectivity index (χ0n) is 17.2. The van der Waals surface area contributed by atoms with E-state index in [9.17, 15) is 4.79 Å². The third-order valence-electron chi connectivity index (χ3n) is 5.15. The highest BCUT2D eigenvalue weighted by Crippen LogP contribution is 2.23. The maximum Gasteiger partial charge on any atom is 0.252 e. The van der Waals surface area contributed by atoms with E-state index in [1.165, 1.54) is 5.56 Å². The standard InChI is InChI=1S/C26H24N2O2/c1-18-11-13-20(14-12-18)17-30-25-15-23(22-9-5-6-10-24(22)28-25)26(29)27-16-21-8-4-3-7-19(21)2/h3-15H,16-17H2,1-2H3,(H,27,29). The van der Waals surface area contributed by atoms with Gasteiger partial charge < -0.3 is 10.1 Å². The molecule has 4 aromatic rings. The van der Waals surface area contributed by atoms with Gasteiger partial charge >= 0.3 is 0 Å². The molecule has 0 bridgehead atoms. The van der Waals surface area contributed by atoms with Crippen LogP contribution in [0.4, 0.5) is 0 Å². The average Bonchev–Trinajstić information content (AvgIpc) is 2.77. The number of ether oxygens (including phenoxy) is 1. The van der Waals surface area contributed by atoms with E-state index >= 15 is 0 Å². The van der Waals surface area contributed by atoms with Crippen molar-refractivity contribution in [3.8, 4) is 5.88 Å². The molecule has 30 heavy (non-hydrogen) atoms. The van der Waals surface area contributed by atoms with Crippen molar-refractivity contribution in [2.24, 2.45) is 0 Å². The minimum atomic E-state index is -0.142. The number of hydrogen-bond donors (Lipinski definition) is 1. The molecule has 0 unspecified atom stereocenters. The summed E-state index contributed by atoms with van der Waals surface area (Å²) in [7, 11) is 0. The Morgan fingerprint density at radius 3 is 2.47 bits per heavy atom. The number of aryl methyl sites for hydroxylation is 2. The van der Waals surface area contributed by atoms with Crippen molar-refractivity contribution < 1.29 is 9.53 Å². The van der Waals surface area contributed by atoms with Crippen LogP contribution in [-0.4, -0.2) is 10.9 Å². The fraction of sp³-hybridized carbons (Fsp3) is 0.154. The Morgan fingerprint density at radius 1 is 0.933 bits per heavy atom. The monoisotopic (exact) mass is 396 g/mol. The molecule has 1 amide bonds. The second-order valence-electron chi connectivity index (χ2n) is 7.41. The number of pyridine rings is 1. The van der Waals surface area contributed by atoms with Crippen LogP contribution in [0.2, 0.25) is 0 Å². The van der Waals surface area contributed by atoms with Crippen LogP contribution in [0, 0.1) is 13.8 Å². The summed E-state index contributed by atoms with van der Waals surface area (Å²) in [5.74, 6) is 0.298. The van der Waals surface area contributed by atoms with Crippen LogP contribution in [0.3, 0.4) is 0 Å². The summed E-state index contributed by atoms with van der Waals surface area (Å²) in [5, 5.41) is 3.84. The number of amides is 1. The molecule has 3 aromatic carbocycles. The fourth-order valence-corrected chi connectivity index (χ4v) is 3.33. The van der Waals surface area contributed by atoms with Crippen LogP contribution in [-0.2, 0) is 13.2 Å². The molecule has 0 radical (unpaired) electrons. The lowest BCUT2D eigenvalue weighted by atomic mass is 10.1. The van der Waals surface area contributed by atoms with Crippen molar-refractivity contribution in [1.29, 1.82) is 0 Å². The second-order valence-corrected chi connectivity index (χ2v) is 7.41. The first-order valence-corrected chi connectivity index (χ1v) is 10.0. The second kappa shape index (κ2) is 8.78. The third kappa shape index (κ3) is 4.49. The molecule has 0 saturated carbocycles. The van der Waals surface area contributed by atoms with Gasteiger partial charge in [-0.2, -0.15) is 0 Å². The van der Waals surface area contributed by atoms with Crippen LogP contribution in [0.1, 0.15) is 32.6 Å². The largest absolute Gasteiger partial charge is 0.473 e. The number of carbonyl (C=O) groups excluding carboxylic acids is 1. The van der Waals surface area contributed by atoms with Crippen LogP contribution >= 0.6 is 0 Å². The zero-order valence-corrected chi connectivity index (χ0v) is 17.2. The first-order valence-electron chi connectivity index (χ1n) is 10.0. The molecule has 1 N–H and O–H groups in total. The summed E-state index contributed by atoms with van der Waals surface area (Å²) >= 11 is 0. The number of para-hydroxylation sites is 1. The molecule has 150 valence electrons. The van der Waals surface area contributed by atoms with E-state index in [4.69, 9.17) is 4.74 Å². The van der Waals surface area contributed by atoms with E-state index in [2.05, 4.69) is 29.4 Å². The molecule has 4 rings (SSSR count). The molecule has 0 saturated heterocycles. The van der Waals surface area contributed by atoms with Crippen molar-refractivity contribution in [3.05, 3.63) is 107 Å². The lowest BCUT2D eigenvalue weighted by Crippen LogP contribution is -2.23. The molecule has 1 aromatic heterocycles. The van der Waals surface area contributed by atoms with E-state index < -0.39 is 0 Å². The lowest BCUT2D eigenvalue weighted by molar-refractivity contribution is 0.0952.